The highest BCUT2D eigenvalue weighted by atomic mass is 16.5. The van der Waals surface area contributed by atoms with Gasteiger partial charge >= 0.3 is 0 Å². The highest BCUT2D eigenvalue weighted by molar-refractivity contribution is 5.45. The van der Waals surface area contributed by atoms with Crippen molar-refractivity contribution in [2.45, 2.75) is 18.3 Å². The van der Waals surface area contributed by atoms with E-state index >= 15 is 0 Å². The second-order valence-corrected chi connectivity index (χ2v) is 7.61. The van der Waals surface area contributed by atoms with Crippen LogP contribution in [0.3, 0.4) is 0 Å². The van der Waals surface area contributed by atoms with E-state index in [0.717, 1.165) is 0 Å². The minimum absolute atomic E-state index is 0.0296. The van der Waals surface area contributed by atoms with Gasteiger partial charge in [-0.3, -0.25) is 0 Å². The van der Waals surface area contributed by atoms with E-state index in [9.17, 15) is 35.7 Å². The average Bonchev–Trinajstić information content (AvgIpc) is 2.84. The number of nitrogens with two attached hydrogens (primary N) is 1. The molecule has 0 amide bonds. The van der Waals surface area contributed by atoms with Crippen LogP contribution in [0.25, 0.3) is 0 Å². The van der Waals surface area contributed by atoms with E-state index in [4.69, 9.17) is 15.2 Å². The molecule has 34 heavy (non-hydrogen) atoms. The second kappa shape index (κ2) is 10.9. The third-order valence-corrected chi connectivity index (χ3v) is 5.14. The molecule has 0 aromatic heterocycles. The summed E-state index contributed by atoms with van der Waals surface area (Å²) in [6.07, 6.45) is -3.26. The lowest BCUT2D eigenvalue weighted by Gasteiger charge is -2.19. The largest absolute Gasteiger partial charge is 0.504 e. The number of hydrogen-bond acceptors (Lipinski definition) is 10. The topological polar surface area (TPSA) is 186 Å². The molecule has 3 atom stereocenters. The van der Waals surface area contributed by atoms with Crippen LogP contribution in [-0.4, -0.2) is 55.5 Å². The van der Waals surface area contributed by atoms with E-state index in [1.54, 1.807) is 6.07 Å². The van der Waals surface area contributed by atoms with Gasteiger partial charge in [0, 0.05) is 6.54 Å². The molecule has 0 saturated carbocycles. The summed E-state index contributed by atoms with van der Waals surface area (Å²) in [4.78, 5) is 0. The molecule has 0 aliphatic heterocycles. The number of aliphatic hydroxyl groups excluding tert-OH is 3. The number of phenolic OH excluding ortho intramolecular Hbond substituents is 4. The highest BCUT2D eigenvalue weighted by Crippen LogP contribution is 2.34. The van der Waals surface area contributed by atoms with Crippen LogP contribution in [0, 0.1) is 0 Å². The van der Waals surface area contributed by atoms with Gasteiger partial charge in [-0.2, -0.15) is 0 Å². The Labute approximate surface area is 195 Å². The monoisotopic (exact) mass is 473 g/mol. The van der Waals surface area contributed by atoms with Gasteiger partial charge in [-0.1, -0.05) is 18.2 Å². The molecule has 0 aliphatic carbocycles. The van der Waals surface area contributed by atoms with Crippen LogP contribution in [-0.2, 0) is 0 Å². The van der Waals surface area contributed by atoms with Crippen LogP contribution in [0.15, 0.2) is 54.6 Å². The number of phenols is 4. The van der Waals surface area contributed by atoms with Gasteiger partial charge in [0.25, 0.3) is 0 Å². The maximum Gasteiger partial charge on any atom is 0.161 e. The number of hydrogen-bond donors (Lipinski definition) is 8. The Morgan fingerprint density at radius 1 is 0.559 bits per heavy atom. The predicted molar refractivity (Wildman–Crippen MR) is 121 cm³/mol. The third kappa shape index (κ3) is 6.00. The fraction of sp³-hybridized carbons (Fsp3) is 0.250. The molecule has 0 heterocycles. The zero-order chi connectivity index (χ0) is 24.8. The Morgan fingerprint density at radius 2 is 1.00 bits per heavy atom. The maximum absolute atomic E-state index is 10.4. The van der Waals surface area contributed by atoms with E-state index in [2.05, 4.69) is 0 Å². The molecule has 3 rings (SSSR count). The van der Waals surface area contributed by atoms with Gasteiger partial charge in [-0.05, 0) is 53.1 Å². The van der Waals surface area contributed by atoms with E-state index in [1.807, 2.05) is 0 Å². The van der Waals surface area contributed by atoms with Crippen molar-refractivity contribution in [1.29, 1.82) is 0 Å². The zero-order valence-electron chi connectivity index (χ0n) is 18.1. The summed E-state index contributed by atoms with van der Waals surface area (Å²) in [5.41, 5.74) is 6.59. The van der Waals surface area contributed by atoms with Gasteiger partial charge in [0.15, 0.2) is 34.5 Å². The normalized spacial score (nSPS) is 13.8. The minimum Gasteiger partial charge on any atom is -0.504 e. The quantitative estimate of drug-likeness (QED) is 0.202. The summed E-state index contributed by atoms with van der Waals surface area (Å²) in [6, 6.07) is 12.4. The summed E-state index contributed by atoms with van der Waals surface area (Å²) in [5.74, 6) is -1.04. The summed E-state index contributed by atoms with van der Waals surface area (Å²) < 4.78 is 11.4. The molecule has 182 valence electrons. The Balaban J connectivity index is 1.75. The molecule has 0 radical (unpaired) electrons. The lowest BCUT2D eigenvalue weighted by molar-refractivity contribution is 0.0929. The van der Waals surface area contributed by atoms with Crippen molar-refractivity contribution < 1.29 is 45.2 Å². The predicted octanol–water partition coefficient (Wildman–Crippen LogP) is 1.73. The van der Waals surface area contributed by atoms with Gasteiger partial charge in [0.1, 0.15) is 25.4 Å². The number of ether oxygens (including phenoxy) is 2. The van der Waals surface area contributed by atoms with E-state index in [1.165, 1.54) is 48.5 Å². The first kappa shape index (κ1) is 24.9. The van der Waals surface area contributed by atoms with Crippen molar-refractivity contribution in [2.75, 3.05) is 19.8 Å². The fourth-order valence-electron chi connectivity index (χ4n) is 3.13. The van der Waals surface area contributed by atoms with Gasteiger partial charge in [0.05, 0.1) is 6.10 Å². The number of benzene rings is 3. The van der Waals surface area contributed by atoms with Gasteiger partial charge < -0.3 is 51.0 Å². The summed E-state index contributed by atoms with van der Waals surface area (Å²) in [5, 5.41) is 69.0. The third-order valence-electron chi connectivity index (χ3n) is 5.14. The molecular weight excluding hydrogens is 446 g/mol. The van der Waals surface area contributed by atoms with E-state index in [-0.39, 0.29) is 54.3 Å². The zero-order valence-corrected chi connectivity index (χ0v) is 18.1. The van der Waals surface area contributed by atoms with Crippen molar-refractivity contribution in [2.24, 2.45) is 5.73 Å². The van der Waals surface area contributed by atoms with Crippen LogP contribution in [0.2, 0.25) is 0 Å². The molecule has 10 heteroatoms. The van der Waals surface area contributed by atoms with Crippen molar-refractivity contribution in [3.8, 4) is 34.5 Å². The highest BCUT2D eigenvalue weighted by Gasteiger charge is 2.17. The summed E-state index contributed by atoms with van der Waals surface area (Å²) >= 11 is 0. The first-order valence-corrected chi connectivity index (χ1v) is 10.4. The van der Waals surface area contributed by atoms with Gasteiger partial charge in [-0.25, -0.2) is 0 Å². The first-order valence-electron chi connectivity index (χ1n) is 10.4. The molecule has 0 aliphatic rings. The second-order valence-electron chi connectivity index (χ2n) is 7.61. The molecule has 9 N–H and O–H groups in total. The average molecular weight is 473 g/mol. The molecule has 0 spiro atoms. The molecule has 0 fully saturated rings. The maximum atomic E-state index is 10.4. The van der Waals surface area contributed by atoms with Gasteiger partial charge in [0.2, 0.25) is 0 Å². The Hall–Kier alpha value is -3.70. The lowest BCUT2D eigenvalue weighted by atomic mass is 10.1. The molecule has 0 bridgehead atoms. The number of rotatable bonds is 10. The number of aliphatic hydroxyl groups is 3. The molecule has 10 nitrogen and oxygen atoms in total. The standard InChI is InChI=1S/C24H27NO9/c25-10-20(30)15-3-6-23(33-11-21(31)13-1-4-16(26)18(28)7-13)24(9-15)34-12-22(32)14-2-5-17(27)19(29)8-14/h1-9,20-22,26-32H,10-12,25H2. The Bertz CT molecular complexity index is 1120. The first-order chi connectivity index (χ1) is 16.2. The van der Waals surface area contributed by atoms with Gasteiger partial charge in [-0.15, -0.1) is 0 Å². The summed E-state index contributed by atoms with van der Waals surface area (Å²) in [6.45, 7) is -0.511. The van der Waals surface area contributed by atoms with Crippen molar-refractivity contribution in [3.05, 3.63) is 71.3 Å². The van der Waals surface area contributed by atoms with Crippen molar-refractivity contribution >= 4 is 0 Å². The van der Waals surface area contributed by atoms with Crippen LogP contribution >= 0.6 is 0 Å². The van der Waals surface area contributed by atoms with Crippen LogP contribution in [0.4, 0.5) is 0 Å². The Morgan fingerprint density at radius 3 is 1.47 bits per heavy atom. The Kier molecular flexibility index (Phi) is 8.03. The molecular formula is C24H27NO9. The summed E-state index contributed by atoms with van der Waals surface area (Å²) in [7, 11) is 0. The smallest absolute Gasteiger partial charge is 0.161 e. The van der Waals surface area contributed by atoms with E-state index < -0.39 is 18.3 Å². The molecule has 0 saturated heterocycles. The SMILES string of the molecule is NCC(O)c1ccc(OCC(O)c2ccc(O)c(O)c2)c(OCC(O)c2ccc(O)c(O)c2)c1. The van der Waals surface area contributed by atoms with Crippen LogP contribution < -0.4 is 15.2 Å². The minimum atomic E-state index is -1.16. The van der Waals surface area contributed by atoms with Crippen molar-refractivity contribution in [3.63, 3.8) is 0 Å². The molecule has 3 aromatic carbocycles. The lowest BCUT2D eigenvalue weighted by Crippen LogP contribution is -2.14. The van der Waals surface area contributed by atoms with Crippen molar-refractivity contribution in [1.82, 2.24) is 0 Å². The molecule has 3 aromatic rings. The number of aromatic hydroxyl groups is 4. The van der Waals surface area contributed by atoms with E-state index in [0.29, 0.717) is 16.7 Å². The fourth-order valence-corrected chi connectivity index (χ4v) is 3.13. The van der Waals surface area contributed by atoms with Crippen LogP contribution in [0.5, 0.6) is 34.5 Å². The van der Waals surface area contributed by atoms with Crippen LogP contribution in [0.1, 0.15) is 35.0 Å². The molecule has 3 unspecified atom stereocenters.